The van der Waals surface area contributed by atoms with Gasteiger partial charge in [-0.05, 0) is 51.9 Å². The molecule has 1 unspecified atom stereocenters. The van der Waals surface area contributed by atoms with Gasteiger partial charge in [0.25, 0.3) is 11.6 Å². The number of thioether (sulfide) groups is 1. The van der Waals surface area contributed by atoms with Gasteiger partial charge in [-0.25, -0.2) is 0 Å². The van der Waals surface area contributed by atoms with Crippen LogP contribution in [0.5, 0.6) is 0 Å². The van der Waals surface area contributed by atoms with Gasteiger partial charge in [-0.1, -0.05) is 0 Å². The number of nitro groups is 1. The first kappa shape index (κ1) is 14.3. The molecule has 1 aliphatic heterocycles. The summed E-state index contributed by atoms with van der Waals surface area (Å²) in [6.45, 7) is 0.635. The summed E-state index contributed by atoms with van der Waals surface area (Å²) in [4.78, 5) is 22.2. The van der Waals surface area contributed by atoms with Gasteiger partial charge in [-0.15, -0.1) is 0 Å². The van der Waals surface area contributed by atoms with Gasteiger partial charge >= 0.3 is 0 Å². The number of benzene rings is 1. The van der Waals surface area contributed by atoms with Crippen LogP contribution in [-0.4, -0.2) is 28.9 Å². The molecule has 2 rings (SSSR count). The van der Waals surface area contributed by atoms with Crippen molar-refractivity contribution in [2.45, 2.75) is 6.42 Å². The average Bonchev–Trinajstić information content (AvgIpc) is 2.89. The molecule has 1 aromatic rings. The van der Waals surface area contributed by atoms with Gasteiger partial charge in [0.1, 0.15) is 0 Å². The molecule has 1 N–H and O–H groups in total. The molecule has 1 heterocycles. The Labute approximate surface area is 123 Å². The first-order chi connectivity index (χ1) is 9.08. The maximum absolute atomic E-state index is 11.9. The zero-order chi connectivity index (χ0) is 13.8. The lowest BCUT2D eigenvalue weighted by atomic mass is 10.1. The second-order valence-electron chi connectivity index (χ2n) is 4.36. The third kappa shape index (κ3) is 3.70. The predicted octanol–water partition coefficient (Wildman–Crippen LogP) is 2.84. The second kappa shape index (κ2) is 6.38. The molecular formula is C12H13BrN2O3S. The van der Waals surface area contributed by atoms with E-state index < -0.39 is 4.92 Å². The van der Waals surface area contributed by atoms with Gasteiger partial charge in [0.05, 0.1) is 9.40 Å². The van der Waals surface area contributed by atoms with E-state index >= 15 is 0 Å². The van der Waals surface area contributed by atoms with Crippen molar-refractivity contribution in [3.63, 3.8) is 0 Å². The zero-order valence-corrected chi connectivity index (χ0v) is 12.5. The lowest BCUT2D eigenvalue weighted by Crippen LogP contribution is -2.29. The molecule has 0 saturated carbocycles. The van der Waals surface area contributed by atoms with E-state index in [-0.39, 0.29) is 11.6 Å². The van der Waals surface area contributed by atoms with Gasteiger partial charge < -0.3 is 5.32 Å². The van der Waals surface area contributed by atoms with Crippen LogP contribution in [0.4, 0.5) is 5.69 Å². The Balaban J connectivity index is 2.02. The highest BCUT2D eigenvalue weighted by Gasteiger charge is 2.19. The highest BCUT2D eigenvalue weighted by molar-refractivity contribution is 9.10. The van der Waals surface area contributed by atoms with Crippen LogP contribution < -0.4 is 5.32 Å². The Morgan fingerprint density at radius 1 is 1.58 bits per heavy atom. The van der Waals surface area contributed by atoms with Gasteiger partial charge in [0.2, 0.25) is 0 Å². The summed E-state index contributed by atoms with van der Waals surface area (Å²) in [7, 11) is 0. The number of rotatable bonds is 4. The molecule has 19 heavy (non-hydrogen) atoms. The lowest BCUT2D eigenvalue weighted by Gasteiger charge is -2.10. The van der Waals surface area contributed by atoms with Crippen LogP contribution in [0.25, 0.3) is 0 Å². The van der Waals surface area contributed by atoms with Crippen LogP contribution in [0.3, 0.4) is 0 Å². The predicted molar refractivity (Wildman–Crippen MR) is 78.6 cm³/mol. The lowest BCUT2D eigenvalue weighted by molar-refractivity contribution is -0.385. The monoisotopic (exact) mass is 344 g/mol. The average molecular weight is 345 g/mol. The first-order valence-electron chi connectivity index (χ1n) is 5.88. The number of carbonyl (C=O) groups is 1. The molecular weight excluding hydrogens is 332 g/mol. The van der Waals surface area contributed by atoms with Crippen LogP contribution in [-0.2, 0) is 0 Å². The molecule has 0 bridgehead atoms. The zero-order valence-electron chi connectivity index (χ0n) is 10.1. The van der Waals surface area contributed by atoms with Crippen molar-refractivity contribution in [3.05, 3.63) is 38.3 Å². The number of nitrogens with zero attached hydrogens (tertiary/aromatic N) is 1. The van der Waals surface area contributed by atoms with Gasteiger partial charge in [0.15, 0.2) is 0 Å². The summed E-state index contributed by atoms with van der Waals surface area (Å²) < 4.78 is 0.376. The number of nitrogens with one attached hydrogen (secondary N) is 1. The van der Waals surface area contributed by atoms with Crippen molar-refractivity contribution in [1.29, 1.82) is 0 Å². The van der Waals surface area contributed by atoms with Crippen molar-refractivity contribution in [2.24, 2.45) is 5.92 Å². The quantitative estimate of drug-likeness (QED) is 0.673. The Bertz CT molecular complexity index is 504. The molecule has 7 heteroatoms. The molecule has 102 valence electrons. The van der Waals surface area contributed by atoms with Crippen LogP contribution >= 0.6 is 27.7 Å². The minimum absolute atomic E-state index is 0.0935. The maximum Gasteiger partial charge on any atom is 0.284 e. The van der Waals surface area contributed by atoms with Crippen molar-refractivity contribution >= 4 is 39.3 Å². The fourth-order valence-corrected chi connectivity index (χ4v) is 3.55. The fraction of sp³-hybridized carbons (Fsp3) is 0.417. The molecule has 5 nitrogen and oxygen atoms in total. The number of nitro benzene ring substituents is 1. The van der Waals surface area contributed by atoms with Crippen LogP contribution in [0.2, 0.25) is 0 Å². The minimum atomic E-state index is -0.505. The molecule has 0 aliphatic carbocycles. The van der Waals surface area contributed by atoms with Crippen molar-refractivity contribution in [2.75, 3.05) is 18.1 Å². The number of carbonyl (C=O) groups excluding carboxylic acids is 1. The highest BCUT2D eigenvalue weighted by atomic mass is 79.9. The molecule has 1 atom stereocenters. The molecule has 0 aromatic heterocycles. The van der Waals surface area contributed by atoms with E-state index in [0.717, 1.165) is 17.9 Å². The van der Waals surface area contributed by atoms with Gasteiger partial charge in [0, 0.05) is 18.2 Å². The SMILES string of the molecule is O=C(NCC1CCSC1)c1ccc(Br)c([N+](=O)[O-])c1. The topological polar surface area (TPSA) is 72.2 Å². The normalized spacial score (nSPS) is 18.3. The number of halogens is 1. The largest absolute Gasteiger partial charge is 0.352 e. The Morgan fingerprint density at radius 2 is 2.37 bits per heavy atom. The number of amides is 1. The minimum Gasteiger partial charge on any atom is -0.352 e. The van der Waals surface area contributed by atoms with E-state index in [1.54, 1.807) is 6.07 Å². The number of hydrogen-bond donors (Lipinski definition) is 1. The molecule has 1 fully saturated rings. The smallest absolute Gasteiger partial charge is 0.284 e. The fourth-order valence-electron chi connectivity index (χ4n) is 1.88. The Kier molecular flexibility index (Phi) is 4.81. The molecule has 1 amide bonds. The van der Waals surface area contributed by atoms with E-state index in [2.05, 4.69) is 21.2 Å². The van der Waals surface area contributed by atoms with Crippen molar-refractivity contribution in [3.8, 4) is 0 Å². The first-order valence-corrected chi connectivity index (χ1v) is 7.82. The van der Waals surface area contributed by atoms with Crippen molar-refractivity contribution in [1.82, 2.24) is 5.32 Å². The molecule has 0 spiro atoms. The molecule has 0 radical (unpaired) electrons. The third-order valence-corrected chi connectivity index (χ3v) is 4.88. The summed E-state index contributed by atoms with van der Waals surface area (Å²) in [5.41, 5.74) is 0.227. The molecule has 1 saturated heterocycles. The van der Waals surface area contributed by atoms with Crippen LogP contribution in [0, 0.1) is 16.0 Å². The van der Waals surface area contributed by atoms with E-state index in [0.29, 0.717) is 22.5 Å². The van der Waals surface area contributed by atoms with E-state index in [1.165, 1.54) is 12.1 Å². The maximum atomic E-state index is 11.9. The molecule has 1 aromatic carbocycles. The van der Waals surface area contributed by atoms with E-state index in [4.69, 9.17) is 0 Å². The van der Waals surface area contributed by atoms with Crippen LogP contribution in [0.15, 0.2) is 22.7 Å². The highest BCUT2D eigenvalue weighted by Crippen LogP contribution is 2.26. The summed E-state index contributed by atoms with van der Waals surface area (Å²) in [6.07, 6.45) is 1.12. The molecule has 1 aliphatic rings. The summed E-state index contributed by atoms with van der Waals surface area (Å²) in [6, 6.07) is 4.40. The Hall–Kier alpha value is -1.08. The Morgan fingerprint density at radius 3 is 3.00 bits per heavy atom. The number of hydrogen-bond acceptors (Lipinski definition) is 4. The summed E-state index contributed by atoms with van der Waals surface area (Å²) in [5, 5.41) is 13.6. The van der Waals surface area contributed by atoms with E-state index in [1.807, 2.05) is 11.8 Å². The second-order valence-corrected chi connectivity index (χ2v) is 6.37. The standard InChI is InChI=1S/C12H13BrN2O3S/c13-10-2-1-9(5-11(10)15(17)18)12(16)14-6-8-3-4-19-7-8/h1-2,5,8H,3-4,6-7H2,(H,14,16). The van der Waals surface area contributed by atoms with Crippen molar-refractivity contribution < 1.29 is 9.72 Å². The third-order valence-electron chi connectivity index (χ3n) is 2.98. The summed E-state index contributed by atoms with van der Waals surface area (Å²) >= 11 is 4.99. The van der Waals surface area contributed by atoms with Gasteiger partial charge in [-0.3, -0.25) is 14.9 Å². The van der Waals surface area contributed by atoms with Crippen LogP contribution in [0.1, 0.15) is 16.8 Å². The summed E-state index contributed by atoms with van der Waals surface area (Å²) in [5.74, 6) is 2.47. The van der Waals surface area contributed by atoms with Gasteiger partial charge in [-0.2, -0.15) is 11.8 Å². The van der Waals surface area contributed by atoms with E-state index in [9.17, 15) is 14.9 Å².